The highest BCUT2D eigenvalue weighted by Gasteiger charge is 2.25. The number of nitrogens with one attached hydrogen (secondary N) is 1. The molecule has 22 heavy (non-hydrogen) atoms. The third-order valence-electron chi connectivity index (χ3n) is 4.13. The van der Waals surface area contributed by atoms with Gasteiger partial charge in [-0.05, 0) is 31.4 Å². The van der Waals surface area contributed by atoms with Crippen molar-refractivity contribution in [2.24, 2.45) is 0 Å². The maximum Gasteiger partial charge on any atom is 0.259 e. The van der Waals surface area contributed by atoms with Crippen LogP contribution in [-0.4, -0.2) is 17.1 Å². The quantitative estimate of drug-likeness (QED) is 0.902. The van der Waals surface area contributed by atoms with E-state index in [4.69, 9.17) is 10.3 Å². The van der Waals surface area contributed by atoms with Crippen LogP contribution in [0.25, 0.3) is 10.6 Å². The SMILES string of the molecule is CCc1ccc(-c2noc(N)c2C(=O)NC2CCCCC2)s1. The van der Waals surface area contributed by atoms with E-state index in [2.05, 4.69) is 17.4 Å². The summed E-state index contributed by atoms with van der Waals surface area (Å²) >= 11 is 1.62. The number of amides is 1. The van der Waals surface area contributed by atoms with E-state index in [1.165, 1.54) is 24.1 Å². The van der Waals surface area contributed by atoms with Crippen LogP contribution in [0.5, 0.6) is 0 Å². The summed E-state index contributed by atoms with van der Waals surface area (Å²) in [5.74, 6) is -0.0816. The maximum atomic E-state index is 12.6. The summed E-state index contributed by atoms with van der Waals surface area (Å²) in [6.07, 6.45) is 6.61. The van der Waals surface area contributed by atoms with Gasteiger partial charge in [0.15, 0.2) is 0 Å². The van der Waals surface area contributed by atoms with E-state index in [9.17, 15) is 4.79 Å². The molecular formula is C16H21N3O2S. The average molecular weight is 319 g/mol. The summed E-state index contributed by atoms with van der Waals surface area (Å²) in [5, 5.41) is 7.08. The van der Waals surface area contributed by atoms with Gasteiger partial charge in [0.25, 0.3) is 5.91 Å². The lowest BCUT2D eigenvalue weighted by atomic mass is 9.95. The van der Waals surface area contributed by atoms with E-state index in [1.54, 1.807) is 11.3 Å². The zero-order valence-corrected chi connectivity index (χ0v) is 13.5. The van der Waals surface area contributed by atoms with Gasteiger partial charge in [0, 0.05) is 10.9 Å². The molecule has 2 heterocycles. The molecule has 1 fully saturated rings. The smallest absolute Gasteiger partial charge is 0.259 e. The molecule has 0 radical (unpaired) electrons. The fraction of sp³-hybridized carbons (Fsp3) is 0.500. The number of thiophene rings is 1. The third-order valence-corrected chi connectivity index (χ3v) is 5.37. The standard InChI is InChI=1S/C16H21N3O2S/c1-2-11-8-9-12(22-11)14-13(15(17)21-19-14)16(20)18-10-6-4-3-5-7-10/h8-10H,2-7,17H2,1H3,(H,18,20). The molecule has 0 atom stereocenters. The van der Waals surface area contributed by atoms with E-state index >= 15 is 0 Å². The van der Waals surface area contributed by atoms with Gasteiger partial charge in [-0.2, -0.15) is 0 Å². The van der Waals surface area contributed by atoms with Crippen molar-refractivity contribution in [3.8, 4) is 10.6 Å². The fourth-order valence-electron chi connectivity index (χ4n) is 2.89. The Balaban J connectivity index is 1.83. The first-order chi connectivity index (χ1) is 10.7. The number of nitrogens with two attached hydrogens (primary N) is 1. The largest absolute Gasteiger partial charge is 0.367 e. The highest BCUT2D eigenvalue weighted by molar-refractivity contribution is 7.15. The van der Waals surface area contributed by atoms with Crippen LogP contribution in [0, 0.1) is 0 Å². The second kappa shape index (κ2) is 6.52. The van der Waals surface area contributed by atoms with E-state index in [-0.39, 0.29) is 17.8 Å². The highest BCUT2D eigenvalue weighted by Crippen LogP contribution is 2.33. The summed E-state index contributed by atoms with van der Waals surface area (Å²) in [5.41, 5.74) is 6.76. The Morgan fingerprint density at radius 3 is 2.86 bits per heavy atom. The molecular weight excluding hydrogens is 298 g/mol. The van der Waals surface area contributed by atoms with E-state index in [1.807, 2.05) is 12.1 Å². The van der Waals surface area contributed by atoms with Gasteiger partial charge < -0.3 is 15.6 Å². The maximum absolute atomic E-state index is 12.6. The number of hydrogen-bond acceptors (Lipinski definition) is 5. The van der Waals surface area contributed by atoms with Crippen molar-refractivity contribution >= 4 is 23.1 Å². The molecule has 0 aromatic carbocycles. The number of nitrogen functional groups attached to an aromatic ring is 1. The summed E-state index contributed by atoms with van der Waals surface area (Å²) in [7, 11) is 0. The monoisotopic (exact) mass is 319 g/mol. The first-order valence-corrected chi connectivity index (χ1v) is 8.65. The molecule has 3 rings (SSSR count). The molecule has 118 valence electrons. The lowest BCUT2D eigenvalue weighted by Gasteiger charge is -2.22. The molecule has 0 spiro atoms. The zero-order valence-electron chi connectivity index (χ0n) is 12.7. The molecule has 0 saturated heterocycles. The topological polar surface area (TPSA) is 81.2 Å². The van der Waals surface area contributed by atoms with Gasteiger partial charge in [-0.15, -0.1) is 11.3 Å². The second-order valence-corrected chi connectivity index (χ2v) is 6.87. The van der Waals surface area contributed by atoms with Gasteiger partial charge in [0.1, 0.15) is 11.3 Å². The molecule has 1 aliphatic carbocycles. The van der Waals surface area contributed by atoms with Gasteiger partial charge in [-0.1, -0.05) is 31.3 Å². The molecule has 0 aliphatic heterocycles. The van der Waals surface area contributed by atoms with E-state index in [0.717, 1.165) is 24.1 Å². The lowest BCUT2D eigenvalue weighted by Crippen LogP contribution is -2.36. The van der Waals surface area contributed by atoms with Crippen molar-refractivity contribution in [1.82, 2.24) is 10.5 Å². The van der Waals surface area contributed by atoms with Crippen LogP contribution >= 0.6 is 11.3 Å². The molecule has 0 unspecified atom stereocenters. The zero-order chi connectivity index (χ0) is 15.5. The molecule has 1 saturated carbocycles. The number of carbonyl (C=O) groups is 1. The Kier molecular flexibility index (Phi) is 4.47. The summed E-state index contributed by atoms with van der Waals surface area (Å²) in [6, 6.07) is 4.25. The Hall–Kier alpha value is -1.82. The predicted molar refractivity (Wildman–Crippen MR) is 87.9 cm³/mol. The molecule has 1 amide bonds. The molecule has 2 aromatic rings. The predicted octanol–water partition coefficient (Wildman–Crippen LogP) is 3.61. The first kappa shape index (κ1) is 15.1. The van der Waals surface area contributed by atoms with Crippen LogP contribution in [0.15, 0.2) is 16.7 Å². The van der Waals surface area contributed by atoms with Crippen molar-refractivity contribution in [3.05, 3.63) is 22.6 Å². The van der Waals surface area contributed by atoms with E-state index in [0.29, 0.717) is 11.3 Å². The minimum absolute atomic E-state index is 0.0924. The van der Waals surface area contributed by atoms with Crippen LogP contribution < -0.4 is 11.1 Å². The number of anilines is 1. The number of carbonyl (C=O) groups excluding carboxylic acids is 1. The van der Waals surface area contributed by atoms with Crippen molar-refractivity contribution in [1.29, 1.82) is 0 Å². The molecule has 1 aliphatic rings. The van der Waals surface area contributed by atoms with Gasteiger partial charge in [-0.3, -0.25) is 4.79 Å². The van der Waals surface area contributed by atoms with E-state index < -0.39 is 0 Å². The van der Waals surface area contributed by atoms with Gasteiger partial charge in [0.2, 0.25) is 5.88 Å². The number of rotatable bonds is 4. The van der Waals surface area contributed by atoms with Crippen molar-refractivity contribution < 1.29 is 9.32 Å². The summed E-state index contributed by atoms with van der Waals surface area (Å²) in [6.45, 7) is 2.10. The number of nitrogens with zero attached hydrogens (tertiary/aromatic N) is 1. The molecule has 5 nitrogen and oxygen atoms in total. The Morgan fingerprint density at radius 2 is 2.18 bits per heavy atom. The van der Waals surface area contributed by atoms with Crippen molar-refractivity contribution in [2.75, 3.05) is 5.73 Å². The lowest BCUT2D eigenvalue weighted by molar-refractivity contribution is 0.0929. The normalized spacial score (nSPS) is 15.9. The second-order valence-electron chi connectivity index (χ2n) is 5.70. The Labute approximate surface area is 133 Å². The summed E-state index contributed by atoms with van der Waals surface area (Å²) < 4.78 is 5.08. The van der Waals surface area contributed by atoms with Gasteiger partial charge in [-0.25, -0.2) is 0 Å². The first-order valence-electron chi connectivity index (χ1n) is 7.84. The fourth-order valence-corrected chi connectivity index (χ4v) is 3.83. The van der Waals surface area contributed by atoms with Crippen LogP contribution in [0.4, 0.5) is 5.88 Å². The minimum Gasteiger partial charge on any atom is -0.367 e. The average Bonchev–Trinajstić information content (AvgIpc) is 3.14. The number of hydrogen-bond donors (Lipinski definition) is 2. The number of aromatic nitrogens is 1. The molecule has 6 heteroatoms. The Morgan fingerprint density at radius 1 is 1.41 bits per heavy atom. The van der Waals surface area contributed by atoms with Crippen molar-refractivity contribution in [2.45, 2.75) is 51.5 Å². The number of aryl methyl sites for hydroxylation is 1. The van der Waals surface area contributed by atoms with Crippen LogP contribution in [0.1, 0.15) is 54.3 Å². The van der Waals surface area contributed by atoms with Crippen LogP contribution in [0.3, 0.4) is 0 Å². The van der Waals surface area contributed by atoms with Gasteiger partial charge >= 0.3 is 0 Å². The molecule has 0 bridgehead atoms. The molecule has 2 aromatic heterocycles. The van der Waals surface area contributed by atoms with Crippen molar-refractivity contribution in [3.63, 3.8) is 0 Å². The minimum atomic E-state index is -0.174. The Bertz CT molecular complexity index is 656. The molecule has 3 N–H and O–H groups in total. The van der Waals surface area contributed by atoms with Crippen LogP contribution in [-0.2, 0) is 6.42 Å². The van der Waals surface area contributed by atoms with Gasteiger partial charge in [0.05, 0.1) is 4.88 Å². The summed E-state index contributed by atoms with van der Waals surface area (Å²) in [4.78, 5) is 14.7. The van der Waals surface area contributed by atoms with Crippen LogP contribution in [0.2, 0.25) is 0 Å². The third kappa shape index (κ3) is 3.02. The highest BCUT2D eigenvalue weighted by atomic mass is 32.1.